The molecule has 0 bridgehead atoms. The van der Waals surface area contributed by atoms with E-state index >= 15 is 0 Å². The van der Waals surface area contributed by atoms with Crippen LogP contribution in [0.3, 0.4) is 0 Å². The molecule has 0 aromatic heterocycles. The van der Waals surface area contributed by atoms with Crippen LogP contribution >= 0.6 is 0 Å². The van der Waals surface area contributed by atoms with Crippen molar-refractivity contribution in [3.05, 3.63) is 35.4 Å². The van der Waals surface area contributed by atoms with Crippen molar-refractivity contribution in [2.24, 2.45) is 0 Å². The molecular weight excluding hydrogens is 228 g/mol. The molecule has 0 aliphatic carbocycles. The molecule has 0 spiro atoms. The molecule has 0 saturated heterocycles. The Balaban J connectivity index is 2.77. The minimum atomic E-state index is -1.53. The molecule has 3 heteroatoms. The molecule has 0 aliphatic rings. The number of rotatable bonds is 7. The molecule has 0 heterocycles. The molecular formula is C14H24O2Si. The van der Waals surface area contributed by atoms with Crippen LogP contribution in [0.4, 0.5) is 0 Å². The van der Waals surface area contributed by atoms with E-state index in [0.717, 1.165) is 19.3 Å². The van der Waals surface area contributed by atoms with Crippen molar-refractivity contribution >= 4 is 9.28 Å². The van der Waals surface area contributed by atoms with Gasteiger partial charge in [0.1, 0.15) is 0 Å². The van der Waals surface area contributed by atoms with Crippen molar-refractivity contribution in [1.29, 1.82) is 0 Å². The van der Waals surface area contributed by atoms with Crippen molar-refractivity contribution in [2.45, 2.75) is 39.7 Å². The van der Waals surface area contributed by atoms with E-state index in [0.29, 0.717) is 5.92 Å². The van der Waals surface area contributed by atoms with E-state index in [1.54, 1.807) is 0 Å². The van der Waals surface area contributed by atoms with Gasteiger partial charge < -0.3 is 8.85 Å². The molecule has 0 unspecified atom stereocenters. The maximum Gasteiger partial charge on any atom is 0.325 e. The summed E-state index contributed by atoms with van der Waals surface area (Å²) in [6.07, 6.45) is 0. The first-order valence-corrected chi connectivity index (χ1v) is 8.25. The minimum absolute atomic E-state index is 0.559. The quantitative estimate of drug-likeness (QED) is 0.694. The molecule has 2 nitrogen and oxygen atoms in total. The van der Waals surface area contributed by atoms with Gasteiger partial charge in [0.05, 0.1) is 0 Å². The largest absolute Gasteiger partial charge is 0.397 e. The zero-order valence-corrected chi connectivity index (χ0v) is 12.6. The first-order chi connectivity index (χ1) is 8.19. The zero-order valence-electron chi connectivity index (χ0n) is 11.4. The van der Waals surface area contributed by atoms with E-state index in [4.69, 9.17) is 8.85 Å². The average molecular weight is 252 g/mol. The lowest BCUT2D eigenvalue weighted by atomic mass is 9.98. The highest BCUT2D eigenvalue weighted by molar-refractivity contribution is 6.43. The van der Waals surface area contributed by atoms with E-state index < -0.39 is 9.28 Å². The van der Waals surface area contributed by atoms with Crippen molar-refractivity contribution in [3.8, 4) is 0 Å². The third-order valence-electron chi connectivity index (χ3n) is 2.77. The van der Waals surface area contributed by atoms with Gasteiger partial charge in [-0.15, -0.1) is 0 Å². The molecule has 1 aromatic rings. The van der Waals surface area contributed by atoms with Gasteiger partial charge in [0.15, 0.2) is 0 Å². The van der Waals surface area contributed by atoms with Crippen LogP contribution in [0.25, 0.3) is 0 Å². The molecule has 0 N–H and O–H groups in total. The third kappa shape index (κ3) is 4.62. The van der Waals surface area contributed by atoms with Crippen LogP contribution < -0.4 is 0 Å². The van der Waals surface area contributed by atoms with Crippen molar-refractivity contribution in [3.63, 3.8) is 0 Å². The van der Waals surface area contributed by atoms with Gasteiger partial charge in [-0.1, -0.05) is 38.1 Å². The molecule has 0 saturated carbocycles. The monoisotopic (exact) mass is 252 g/mol. The topological polar surface area (TPSA) is 18.5 Å². The van der Waals surface area contributed by atoms with E-state index in [1.807, 2.05) is 13.8 Å². The summed E-state index contributed by atoms with van der Waals surface area (Å²) < 4.78 is 11.5. The standard InChI is InChI=1S/C14H24O2Si/c1-5-15-17(16-6-2)11-13-9-7-8-10-14(13)12(3)4/h7-10,12,17H,5-6,11H2,1-4H3. The average Bonchev–Trinajstić information content (AvgIpc) is 2.30. The smallest absolute Gasteiger partial charge is 0.325 e. The SMILES string of the molecule is CCO[SiH](Cc1ccccc1C(C)C)OCC. The van der Waals surface area contributed by atoms with Crippen LogP contribution in [0.15, 0.2) is 24.3 Å². The summed E-state index contributed by atoms with van der Waals surface area (Å²) in [4.78, 5) is 0. The Kier molecular flexibility index (Phi) is 6.48. The normalized spacial score (nSPS) is 11.4. The van der Waals surface area contributed by atoms with Crippen molar-refractivity contribution in [1.82, 2.24) is 0 Å². The van der Waals surface area contributed by atoms with Gasteiger partial charge in [0.2, 0.25) is 0 Å². The predicted molar refractivity (Wildman–Crippen MR) is 74.6 cm³/mol. The Hall–Kier alpha value is -0.643. The summed E-state index contributed by atoms with van der Waals surface area (Å²) in [5, 5.41) is 0. The fourth-order valence-corrected chi connectivity index (χ4v) is 3.81. The number of hydrogen-bond acceptors (Lipinski definition) is 2. The fraction of sp³-hybridized carbons (Fsp3) is 0.571. The number of hydrogen-bond donors (Lipinski definition) is 0. The van der Waals surface area contributed by atoms with Crippen LogP contribution in [0.2, 0.25) is 0 Å². The van der Waals surface area contributed by atoms with Gasteiger partial charge in [-0.05, 0) is 30.9 Å². The van der Waals surface area contributed by atoms with Crippen LogP contribution in [-0.4, -0.2) is 22.5 Å². The second kappa shape index (κ2) is 7.64. The zero-order chi connectivity index (χ0) is 12.7. The second-order valence-electron chi connectivity index (χ2n) is 4.40. The lowest BCUT2D eigenvalue weighted by Gasteiger charge is -2.18. The highest BCUT2D eigenvalue weighted by Crippen LogP contribution is 2.20. The molecule has 96 valence electrons. The van der Waals surface area contributed by atoms with Crippen LogP contribution in [0, 0.1) is 0 Å². The Morgan fingerprint density at radius 2 is 1.65 bits per heavy atom. The van der Waals surface area contributed by atoms with Gasteiger partial charge in [-0.2, -0.15) is 0 Å². The lowest BCUT2D eigenvalue weighted by molar-refractivity contribution is 0.213. The molecule has 0 fully saturated rings. The van der Waals surface area contributed by atoms with E-state index in [9.17, 15) is 0 Å². The Morgan fingerprint density at radius 3 is 2.18 bits per heavy atom. The highest BCUT2D eigenvalue weighted by atomic mass is 28.3. The first-order valence-electron chi connectivity index (χ1n) is 6.50. The fourth-order valence-electron chi connectivity index (χ4n) is 2.00. The molecule has 0 amide bonds. The van der Waals surface area contributed by atoms with Gasteiger partial charge >= 0.3 is 9.28 Å². The predicted octanol–water partition coefficient (Wildman–Crippen LogP) is 3.19. The highest BCUT2D eigenvalue weighted by Gasteiger charge is 2.16. The van der Waals surface area contributed by atoms with Crippen LogP contribution in [-0.2, 0) is 14.9 Å². The molecule has 0 radical (unpaired) electrons. The summed E-state index contributed by atoms with van der Waals surface area (Å²) in [6, 6.07) is 9.59. The third-order valence-corrected chi connectivity index (χ3v) is 4.95. The van der Waals surface area contributed by atoms with Gasteiger partial charge in [-0.3, -0.25) is 0 Å². The molecule has 17 heavy (non-hydrogen) atoms. The van der Waals surface area contributed by atoms with Crippen LogP contribution in [0.5, 0.6) is 0 Å². The Labute approximate surface area is 107 Å². The van der Waals surface area contributed by atoms with E-state index in [2.05, 4.69) is 38.1 Å². The second-order valence-corrected chi connectivity index (χ2v) is 6.33. The maximum absolute atomic E-state index is 5.74. The van der Waals surface area contributed by atoms with E-state index in [-0.39, 0.29) is 0 Å². The molecule has 0 aliphatic heterocycles. The summed E-state index contributed by atoms with van der Waals surface area (Å²) >= 11 is 0. The van der Waals surface area contributed by atoms with Crippen LogP contribution in [0.1, 0.15) is 44.7 Å². The summed E-state index contributed by atoms with van der Waals surface area (Å²) in [6.45, 7) is 10.0. The summed E-state index contributed by atoms with van der Waals surface area (Å²) in [5.74, 6) is 0.559. The summed E-state index contributed by atoms with van der Waals surface area (Å²) in [5.41, 5.74) is 2.81. The molecule has 1 aromatic carbocycles. The minimum Gasteiger partial charge on any atom is -0.397 e. The summed E-state index contributed by atoms with van der Waals surface area (Å²) in [7, 11) is -1.53. The van der Waals surface area contributed by atoms with Gasteiger partial charge in [-0.25, -0.2) is 0 Å². The van der Waals surface area contributed by atoms with Gasteiger partial charge in [0, 0.05) is 19.3 Å². The van der Waals surface area contributed by atoms with Gasteiger partial charge in [0.25, 0.3) is 0 Å². The molecule has 0 atom stereocenters. The molecule has 1 rings (SSSR count). The maximum atomic E-state index is 5.74. The lowest BCUT2D eigenvalue weighted by Crippen LogP contribution is -2.26. The van der Waals surface area contributed by atoms with E-state index in [1.165, 1.54) is 11.1 Å². The Morgan fingerprint density at radius 1 is 1.06 bits per heavy atom. The number of benzene rings is 1. The van der Waals surface area contributed by atoms with Crippen molar-refractivity contribution < 1.29 is 8.85 Å². The Bertz CT molecular complexity index is 320. The first kappa shape index (κ1) is 14.4. The van der Waals surface area contributed by atoms with Crippen molar-refractivity contribution in [2.75, 3.05) is 13.2 Å².